The first-order chi connectivity index (χ1) is 13.6. The molecule has 146 valence electrons. The zero-order chi connectivity index (χ0) is 19.8. The number of aryl methyl sites for hydroxylation is 1. The van der Waals surface area contributed by atoms with Gasteiger partial charge in [0, 0.05) is 23.9 Å². The van der Waals surface area contributed by atoms with Crippen LogP contribution in [0.5, 0.6) is 0 Å². The van der Waals surface area contributed by atoms with E-state index in [1.165, 1.54) is 5.56 Å². The van der Waals surface area contributed by atoms with E-state index in [-0.39, 0.29) is 0 Å². The molecule has 2 N–H and O–H groups in total. The van der Waals surface area contributed by atoms with Crippen molar-refractivity contribution in [1.29, 1.82) is 0 Å². The fourth-order valence-corrected chi connectivity index (χ4v) is 2.90. The third kappa shape index (κ3) is 5.79. The highest BCUT2D eigenvalue weighted by Gasteiger charge is 2.07. The van der Waals surface area contributed by atoms with Crippen LogP contribution in [0.4, 0.5) is 17.3 Å². The molecule has 0 atom stereocenters. The highest BCUT2D eigenvalue weighted by atomic mass is 15.1. The van der Waals surface area contributed by atoms with E-state index in [1.807, 2.05) is 36.4 Å². The van der Waals surface area contributed by atoms with Crippen LogP contribution >= 0.6 is 0 Å². The van der Waals surface area contributed by atoms with Crippen LogP contribution < -0.4 is 10.6 Å². The lowest BCUT2D eigenvalue weighted by Crippen LogP contribution is -2.16. The van der Waals surface area contributed by atoms with Crippen LogP contribution in [0.25, 0.3) is 11.4 Å². The Balaban J connectivity index is 1.81. The fourth-order valence-electron chi connectivity index (χ4n) is 2.90. The maximum Gasteiger partial charge on any atom is 0.163 e. The van der Waals surface area contributed by atoms with Gasteiger partial charge in [0.05, 0.1) is 0 Å². The van der Waals surface area contributed by atoms with Gasteiger partial charge in [-0.05, 0) is 51.2 Å². The van der Waals surface area contributed by atoms with Crippen LogP contribution in [0.3, 0.4) is 0 Å². The van der Waals surface area contributed by atoms with Crippen molar-refractivity contribution in [1.82, 2.24) is 14.9 Å². The average Bonchev–Trinajstić information content (AvgIpc) is 2.72. The van der Waals surface area contributed by atoms with Crippen LogP contribution in [-0.4, -0.2) is 42.1 Å². The van der Waals surface area contributed by atoms with E-state index in [0.29, 0.717) is 5.82 Å². The summed E-state index contributed by atoms with van der Waals surface area (Å²) in [5.41, 5.74) is 3.35. The Morgan fingerprint density at radius 1 is 0.893 bits per heavy atom. The molecule has 2 aromatic carbocycles. The Labute approximate surface area is 167 Å². The molecule has 0 saturated heterocycles. The van der Waals surface area contributed by atoms with Crippen LogP contribution in [-0.2, 0) is 6.42 Å². The SMILES string of the molecule is CCc1ccc(Nc2cc(NCCCN(C)C)nc(-c3ccccc3)n2)cc1. The number of hydrogen-bond donors (Lipinski definition) is 2. The lowest BCUT2D eigenvalue weighted by atomic mass is 10.1. The van der Waals surface area contributed by atoms with Crippen molar-refractivity contribution < 1.29 is 0 Å². The van der Waals surface area contributed by atoms with Crippen molar-refractivity contribution in [3.05, 3.63) is 66.2 Å². The number of rotatable bonds is 9. The minimum absolute atomic E-state index is 0.714. The molecule has 5 heteroatoms. The summed E-state index contributed by atoms with van der Waals surface area (Å²) in [6, 6.07) is 20.5. The molecule has 0 spiro atoms. The number of nitrogens with one attached hydrogen (secondary N) is 2. The minimum atomic E-state index is 0.714. The molecule has 3 aromatic rings. The Kier molecular flexibility index (Phi) is 6.98. The molecule has 0 unspecified atom stereocenters. The standard InChI is InChI=1S/C23H29N5/c1-4-18-11-13-20(14-12-18)25-22-17-21(24-15-8-16-28(2)3)26-23(27-22)19-9-6-5-7-10-19/h5-7,9-14,17H,4,8,15-16H2,1-3H3,(H2,24,25,26,27). The Morgan fingerprint density at radius 2 is 1.61 bits per heavy atom. The molecule has 0 amide bonds. The molecule has 0 fully saturated rings. The lowest BCUT2D eigenvalue weighted by molar-refractivity contribution is 0.405. The van der Waals surface area contributed by atoms with Gasteiger partial charge in [-0.2, -0.15) is 0 Å². The topological polar surface area (TPSA) is 53.1 Å². The van der Waals surface area contributed by atoms with Crippen LogP contribution in [0.1, 0.15) is 18.9 Å². The first-order valence-corrected chi connectivity index (χ1v) is 9.83. The number of anilines is 3. The van der Waals surface area contributed by atoms with Crippen molar-refractivity contribution >= 4 is 17.3 Å². The molecular formula is C23H29N5. The van der Waals surface area contributed by atoms with Crippen LogP contribution in [0, 0.1) is 0 Å². The largest absolute Gasteiger partial charge is 0.370 e. The minimum Gasteiger partial charge on any atom is -0.370 e. The van der Waals surface area contributed by atoms with E-state index in [4.69, 9.17) is 9.97 Å². The summed E-state index contributed by atoms with van der Waals surface area (Å²) >= 11 is 0. The summed E-state index contributed by atoms with van der Waals surface area (Å²) in [4.78, 5) is 11.6. The number of nitrogens with zero attached hydrogens (tertiary/aromatic N) is 3. The molecule has 28 heavy (non-hydrogen) atoms. The quantitative estimate of drug-likeness (QED) is 0.526. The summed E-state index contributed by atoms with van der Waals surface area (Å²) < 4.78 is 0. The molecular weight excluding hydrogens is 346 g/mol. The molecule has 0 aliphatic heterocycles. The normalized spacial score (nSPS) is 10.9. The fraction of sp³-hybridized carbons (Fsp3) is 0.304. The maximum atomic E-state index is 4.73. The third-order valence-electron chi connectivity index (χ3n) is 4.48. The van der Waals surface area contributed by atoms with Crippen molar-refractivity contribution in [2.24, 2.45) is 0 Å². The van der Waals surface area contributed by atoms with Gasteiger partial charge >= 0.3 is 0 Å². The maximum absolute atomic E-state index is 4.73. The molecule has 1 heterocycles. The molecule has 0 aliphatic carbocycles. The van der Waals surface area contributed by atoms with E-state index >= 15 is 0 Å². The summed E-state index contributed by atoms with van der Waals surface area (Å²) in [6.07, 6.45) is 2.09. The molecule has 3 rings (SSSR count). The summed E-state index contributed by atoms with van der Waals surface area (Å²) in [6.45, 7) is 4.07. The molecule has 0 aliphatic rings. The van der Waals surface area contributed by atoms with Crippen molar-refractivity contribution in [3.8, 4) is 11.4 Å². The van der Waals surface area contributed by atoms with Gasteiger partial charge in [-0.15, -0.1) is 0 Å². The zero-order valence-electron chi connectivity index (χ0n) is 16.9. The molecule has 0 radical (unpaired) electrons. The molecule has 0 bridgehead atoms. The summed E-state index contributed by atoms with van der Waals surface area (Å²) in [5, 5.41) is 6.85. The number of hydrogen-bond acceptors (Lipinski definition) is 5. The highest BCUT2D eigenvalue weighted by molar-refractivity contribution is 5.65. The van der Waals surface area contributed by atoms with E-state index < -0.39 is 0 Å². The predicted octanol–water partition coefficient (Wildman–Crippen LogP) is 4.81. The van der Waals surface area contributed by atoms with Gasteiger partial charge in [0.25, 0.3) is 0 Å². The Morgan fingerprint density at radius 3 is 2.29 bits per heavy atom. The molecule has 0 saturated carbocycles. The Bertz CT molecular complexity index is 860. The van der Waals surface area contributed by atoms with Gasteiger partial charge < -0.3 is 15.5 Å². The second-order valence-corrected chi connectivity index (χ2v) is 7.09. The smallest absolute Gasteiger partial charge is 0.163 e. The second-order valence-electron chi connectivity index (χ2n) is 7.09. The third-order valence-corrected chi connectivity index (χ3v) is 4.48. The first-order valence-electron chi connectivity index (χ1n) is 9.83. The van der Waals surface area contributed by atoms with E-state index in [2.05, 4.69) is 60.8 Å². The van der Waals surface area contributed by atoms with Gasteiger partial charge in [-0.25, -0.2) is 9.97 Å². The molecule has 1 aromatic heterocycles. The van der Waals surface area contributed by atoms with Gasteiger partial charge in [-0.1, -0.05) is 49.4 Å². The zero-order valence-corrected chi connectivity index (χ0v) is 16.9. The van der Waals surface area contributed by atoms with Gasteiger partial charge in [0.1, 0.15) is 11.6 Å². The van der Waals surface area contributed by atoms with Crippen molar-refractivity contribution in [2.75, 3.05) is 37.8 Å². The number of aromatic nitrogens is 2. The monoisotopic (exact) mass is 375 g/mol. The van der Waals surface area contributed by atoms with Gasteiger partial charge in [-0.3, -0.25) is 0 Å². The summed E-state index contributed by atoms with van der Waals surface area (Å²) in [5.74, 6) is 2.33. The van der Waals surface area contributed by atoms with E-state index in [1.54, 1.807) is 0 Å². The van der Waals surface area contributed by atoms with Crippen LogP contribution in [0.2, 0.25) is 0 Å². The first kappa shape index (κ1) is 19.8. The number of benzene rings is 2. The van der Waals surface area contributed by atoms with E-state index in [9.17, 15) is 0 Å². The lowest BCUT2D eigenvalue weighted by Gasteiger charge is -2.13. The van der Waals surface area contributed by atoms with Crippen LogP contribution in [0.15, 0.2) is 60.7 Å². The average molecular weight is 376 g/mol. The van der Waals surface area contributed by atoms with Crippen molar-refractivity contribution in [2.45, 2.75) is 19.8 Å². The van der Waals surface area contributed by atoms with Gasteiger partial charge in [0.2, 0.25) is 0 Å². The second kappa shape index (κ2) is 9.85. The molecule has 5 nitrogen and oxygen atoms in total. The van der Waals surface area contributed by atoms with Crippen molar-refractivity contribution in [3.63, 3.8) is 0 Å². The van der Waals surface area contributed by atoms with E-state index in [0.717, 1.165) is 48.8 Å². The van der Waals surface area contributed by atoms with Gasteiger partial charge in [0.15, 0.2) is 5.82 Å². The summed E-state index contributed by atoms with van der Waals surface area (Å²) in [7, 11) is 4.17. The highest BCUT2D eigenvalue weighted by Crippen LogP contribution is 2.23. The Hall–Kier alpha value is -2.92. The predicted molar refractivity (Wildman–Crippen MR) is 118 cm³/mol.